The van der Waals surface area contributed by atoms with Gasteiger partial charge in [-0.1, -0.05) is 0 Å². The number of aliphatic hydroxyl groups is 1. The molecule has 0 rings (SSSR count). The van der Waals surface area contributed by atoms with Crippen molar-refractivity contribution in [3.05, 3.63) is 0 Å². The SMILES string of the molecule is CCO.CN.NN. The molecule has 0 saturated carbocycles. The predicted molar refractivity (Wildman–Crippen MR) is 31.2 cm³/mol. The van der Waals surface area contributed by atoms with E-state index in [1.54, 1.807) is 6.92 Å². The zero-order valence-electron chi connectivity index (χ0n) is 4.89. The summed E-state index contributed by atoms with van der Waals surface area (Å²) in [6, 6.07) is 0. The first kappa shape index (κ1) is 15.8. The summed E-state index contributed by atoms with van der Waals surface area (Å²) in [6.07, 6.45) is 0. The zero-order chi connectivity index (χ0) is 6.71. The number of hydrazine groups is 1. The fraction of sp³-hybridized carbons (Fsp3) is 1.00. The number of aliphatic hydroxyl groups excluding tert-OH is 1. The van der Waals surface area contributed by atoms with E-state index >= 15 is 0 Å². The van der Waals surface area contributed by atoms with E-state index in [4.69, 9.17) is 5.11 Å². The highest BCUT2D eigenvalue weighted by molar-refractivity contribution is 3.84. The van der Waals surface area contributed by atoms with Crippen LogP contribution in [0.1, 0.15) is 6.92 Å². The van der Waals surface area contributed by atoms with Crippen molar-refractivity contribution >= 4 is 0 Å². The molecule has 0 aliphatic rings. The van der Waals surface area contributed by atoms with E-state index in [-0.39, 0.29) is 6.61 Å². The summed E-state index contributed by atoms with van der Waals surface area (Å²) in [7, 11) is 1.50. The lowest BCUT2D eigenvalue weighted by molar-refractivity contribution is 0.318. The maximum absolute atomic E-state index is 7.57. The minimum Gasteiger partial charge on any atom is -0.397 e. The van der Waals surface area contributed by atoms with E-state index < -0.39 is 0 Å². The average molecular weight is 109 g/mol. The number of hydrogen-bond donors (Lipinski definition) is 4. The third-order valence-electron chi connectivity index (χ3n) is 0. The molecule has 0 spiro atoms. The van der Waals surface area contributed by atoms with Gasteiger partial charge in [0.1, 0.15) is 0 Å². The van der Waals surface area contributed by atoms with Crippen LogP contribution in [0.5, 0.6) is 0 Å². The predicted octanol–water partition coefficient (Wildman–Crippen LogP) is -1.61. The van der Waals surface area contributed by atoms with Crippen LogP contribution >= 0.6 is 0 Å². The fourth-order valence-corrected chi connectivity index (χ4v) is 0. The van der Waals surface area contributed by atoms with Crippen molar-refractivity contribution in [2.75, 3.05) is 13.7 Å². The lowest BCUT2D eigenvalue weighted by atomic mass is 10.9. The van der Waals surface area contributed by atoms with Crippen molar-refractivity contribution in [1.82, 2.24) is 0 Å². The molecule has 0 unspecified atom stereocenters. The number of nitrogens with two attached hydrogens (primary N) is 3. The highest BCUT2D eigenvalue weighted by atomic mass is 16.2. The molecule has 7 N–H and O–H groups in total. The molecule has 4 heteroatoms. The van der Waals surface area contributed by atoms with Gasteiger partial charge in [-0.05, 0) is 14.0 Å². The topological polar surface area (TPSA) is 98.3 Å². The molecule has 7 heavy (non-hydrogen) atoms. The molecular formula is C3H15N3O. The maximum Gasteiger partial charge on any atom is 0.0402 e. The summed E-state index contributed by atoms with van der Waals surface area (Å²) in [6.45, 7) is 1.93. The Morgan fingerprint density at radius 1 is 1.29 bits per heavy atom. The van der Waals surface area contributed by atoms with Gasteiger partial charge in [0.15, 0.2) is 0 Å². The smallest absolute Gasteiger partial charge is 0.0402 e. The summed E-state index contributed by atoms with van der Waals surface area (Å²) in [5, 5.41) is 7.57. The van der Waals surface area contributed by atoms with Gasteiger partial charge in [-0.25, -0.2) is 0 Å². The van der Waals surface area contributed by atoms with E-state index in [1.165, 1.54) is 7.05 Å². The lowest BCUT2D eigenvalue weighted by Crippen LogP contribution is -2.02. The van der Waals surface area contributed by atoms with Gasteiger partial charge in [-0.15, -0.1) is 0 Å². The summed E-state index contributed by atoms with van der Waals surface area (Å²) < 4.78 is 0. The van der Waals surface area contributed by atoms with E-state index in [0.717, 1.165) is 0 Å². The van der Waals surface area contributed by atoms with Crippen LogP contribution in [0.4, 0.5) is 0 Å². The zero-order valence-corrected chi connectivity index (χ0v) is 4.89. The van der Waals surface area contributed by atoms with Crippen LogP contribution in [0, 0.1) is 0 Å². The molecule has 4 nitrogen and oxygen atoms in total. The van der Waals surface area contributed by atoms with E-state index in [1.807, 2.05) is 0 Å². The highest BCUT2D eigenvalue weighted by Gasteiger charge is 1.34. The first-order valence-corrected chi connectivity index (χ1v) is 1.93. The lowest BCUT2D eigenvalue weighted by Gasteiger charge is -1.52. The van der Waals surface area contributed by atoms with Crippen LogP contribution in [0.2, 0.25) is 0 Å². The third kappa shape index (κ3) is 3360. The quantitative estimate of drug-likeness (QED) is 0.222. The molecule has 0 aromatic rings. The molecule has 0 aromatic heterocycles. The molecule has 0 bridgehead atoms. The molecule has 48 valence electrons. The Labute approximate surface area is 44.3 Å². The second kappa shape index (κ2) is 194. The van der Waals surface area contributed by atoms with E-state index in [2.05, 4.69) is 17.4 Å². The average Bonchev–Trinajstić information content (AvgIpc) is 1.78. The molecule has 0 aromatic carbocycles. The Bertz CT molecular complexity index is 10.1. The van der Waals surface area contributed by atoms with Crippen LogP contribution < -0.4 is 17.4 Å². The van der Waals surface area contributed by atoms with Crippen molar-refractivity contribution in [1.29, 1.82) is 0 Å². The molecular weight excluding hydrogens is 94.1 g/mol. The van der Waals surface area contributed by atoms with Crippen LogP contribution in [0.25, 0.3) is 0 Å². The first-order valence-electron chi connectivity index (χ1n) is 1.93. The fourth-order valence-electron chi connectivity index (χ4n) is 0. The van der Waals surface area contributed by atoms with E-state index in [0.29, 0.717) is 0 Å². The Balaban J connectivity index is -0.0000000360. The van der Waals surface area contributed by atoms with Crippen LogP contribution in [0.3, 0.4) is 0 Å². The normalized spacial score (nSPS) is 4.29. The maximum atomic E-state index is 7.57. The van der Waals surface area contributed by atoms with Gasteiger partial charge in [0.05, 0.1) is 0 Å². The van der Waals surface area contributed by atoms with Gasteiger partial charge in [-0.2, -0.15) is 0 Å². The van der Waals surface area contributed by atoms with Crippen LogP contribution in [0.15, 0.2) is 0 Å². The Morgan fingerprint density at radius 2 is 1.29 bits per heavy atom. The second-order valence-corrected chi connectivity index (χ2v) is 0.316. The Hall–Kier alpha value is -0.160. The summed E-state index contributed by atoms with van der Waals surface area (Å²) >= 11 is 0. The van der Waals surface area contributed by atoms with Gasteiger partial charge in [0.2, 0.25) is 0 Å². The summed E-state index contributed by atoms with van der Waals surface area (Å²) in [5.74, 6) is 8.00. The number of rotatable bonds is 0. The molecule has 0 fully saturated rings. The molecule has 0 radical (unpaired) electrons. The van der Waals surface area contributed by atoms with Crippen LogP contribution in [-0.4, -0.2) is 18.8 Å². The molecule has 0 heterocycles. The Kier molecular flexibility index (Phi) is 438. The molecule has 0 amide bonds. The Morgan fingerprint density at radius 3 is 1.29 bits per heavy atom. The van der Waals surface area contributed by atoms with Gasteiger partial charge < -0.3 is 10.8 Å². The monoisotopic (exact) mass is 109 g/mol. The summed E-state index contributed by atoms with van der Waals surface area (Å²) in [5.41, 5.74) is 4.50. The van der Waals surface area contributed by atoms with Crippen molar-refractivity contribution in [2.24, 2.45) is 17.4 Å². The van der Waals surface area contributed by atoms with Crippen molar-refractivity contribution in [3.8, 4) is 0 Å². The van der Waals surface area contributed by atoms with Gasteiger partial charge in [0, 0.05) is 6.61 Å². The van der Waals surface area contributed by atoms with Gasteiger partial charge in [-0.3, -0.25) is 11.7 Å². The second-order valence-electron chi connectivity index (χ2n) is 0.316. The standard InChI is InChI=1S/C2H6O.CH5N.H4N2/c1-2-3;2*1-2/h3H,2H2,1H3;2H2,1H3;1-2H2. The number of hydrogen-bond acceptors (Lipinski definition) is 4. The molecule has 0 aliphatic carbocycles. The highest BCUT2D eigenvalue weighted by Crippen LogP contribution is 1.30. The van der Waals surface area contributed by atoms with Gasteiger partial charge >= 0.3 is 0 Å². The van der Waals surface area contributed by atoms with Crippen molar-refractivity contribution in [3.63, 3.8) is 0 Å². The van der Waals surface area contributed by atoms with Crippen molar-refractivity contribution in [2.45, 2.75) is 6.92 Å². The minimum atomic E-state index is 0.250. The molecule has 0 aliphatic heterocycles. The largest absolute Gasteiger partial charge is 0.397 e. The van der Waals surface area contributed by atoms with Crippen molar-refractivity contribution < 1.29 is 5.11 Å². The van der Waals surface area contributed by atoms with Gasteiger partial charge in [0.25, 0.3) is 0 Å². The molecule has 0 saturated heterocycles. The van der Waals surface area contributed by atoms with E-state index in [9.17, 15) is 0 Å². The van der Waals surface area contributed by atoms with Crippen LogP contribution in [-0.2, 0) is 0 Å². The summed E-state index contributed by atoms with van der Waals surface area (Å²) in [4.78, 5) is 0. The third-order valence-corrected chi connectivity index (χ3v) is 0. The molecule has 0 atom stereocenters. The first-order chi connectivity index (χ1) is 3.41. The minimum absolute atomic E-state index is 0.250.